The van der Waals surface area contributed by atoms with Crippen LogP contribution in [0.4, 0.5) is 4.39 Å². The molecule has 4 heteroatoms. The van der Waals surface area contributed by atoms with Gasteiger partial charge in [0.2, 0.25) is 0 Å². The molecule has 2 rings (SSSR count). The third kappa shape index (κ3) is 3.80. The highest BCUT2D eigenvalue weighted by molar-refractivity contribution is 5.25. The molecule has 0 aliphatic carbocycles. The van der Waals surface area contributed by atoms with Crippen LogP contribution in [0.3, 0.4) is 0 Å². The minimum absolute atomic E-state index is 0.0416. The zero-order chi connectivity index (χ0) is 15.1. The lowest BCUT2D eigenvalue weighted by Gasteiger charge is -2.32. The Hall–Kier alpha value is -1.91. The van der Waals surface area contributed by atoms with Crippen LogP contribution in [-0.2, 0) is 5.54 Å². The fourth-order valence-electron chi connectivity index (χ4n) is 2.32. The van der Waals surface area contributed by atoms with E-state index in [0.717, 1.165) is 5.56 Å². The molecule has 0 amide bonds. The van der Waals surface area contributed by atoms with Gasteiger partial charge in [0.15, 0.2) is 0 Å². The van der Waals surface area contributed by atoms with E-state index < -0.39 is 5.54 Å². The van der Waals surface area contributed by atoms with E-state index in [2.05, 4.69) is 5.32 Å². The van der Waals surface area contributed by atoms with Crippen molar-refractivity contribution in [1.82, 2.24) is 5.32 Å². The maximum Gasteiger partial charge on any atom is 0.126 e. The van der Waals surface area contributed by atoms with Crippen LogP contribution in [0.5, 0.6) is 5.75 Å². The number of hydrogen-bond acceptors (Lipinski definition) is 3. The summed E-state index contributed by atoms with van der Waals surface area (Å²) in [6.07, 6.45) is 0.570. The van der Waals surface area contributed by atoms with E-state index in [-0.39, 0.29) is 12.4 Å². The van der Waals surface area contributed by atoms with Crippen LogP contribution < -0.4 is 10.1 Å². The molecule has 0 aromatic heterocycles. The third-order valence-corrected chi connectivity index (χ3v) is 3.67. The van der Waals surface area contributed by atoms with Crippen molar-refractivity contribution in [2.75, 3.05) is 20.3 Å². The smallest absolute Gasteiger partial charge is 0.126 e. The summed E-state index contributed by atoms with van der Waals surface area (Å²) in [4.78, 5) is 0. The summed E-state index contributed by atoms with van der Waals surface area (Å²) < 4.78 is 18.7. The molecular weight excluding hydrogens is 269 g/mol. The lowest BCUT2D eigenvalue weighted by atomic mass is 9.88. The molecule has 0 saturated carbocycles. The van der Waals surface area contributed by atoms with E-state index in [4.69, 9.17) is 4.74 Å². The average molecular weight is 289 g/mol. The summed E-state index contributed by atoms with van der Waals surface area (Å²) in [5.74, 6) is 0.170. The first-order valence-corrected chi connectivity index (χ1v) is 6.94. The van der Waals surface area contributed by atoms with Gasteiger partial charge in [-0.2, -0.15) is 0 Å². The van der Waals surface area contributed by atoms with E-state index >= 15 is 0 Å². The number of halogens is 1. The van der Waals surface area contributed by atoms with Crippen LogP contribution in [0.25, 0.3) is 0 Å². The summed E-state index contributed by atoms with van der Waals surface area (Å²) in [6.45, 7) is 0.333. The van der Waals surface area contributed by atoms with Gasteiger partial charge in [0, 0.05) is 12.5 Å². The van der Waals surface area contributed by atoms with Gasteiger partial charge < -0.3 is 15.2 Å². The Labute approximate surface area is 124 Å². The van der Waals surface area contributed by atoms with E-state index in [1.54, 1.807) is 12.1 Å². The van der Waals surface area contributed by atoms with E-state index in [1.165, 1.54) is 12.1 Å². The predicted octanol–water partition coefficient (Wildman–Crippen LogP) is 2.70. The second-order valence-electron chi connectivity index (χ2n) is 4.91. The van der Waals surface area contributed by atoms with Crippen molar-refractivity contribution in [1.29, 1.82) is 0 Å². The second kappa shape index (κ2) is 7.20. The monoisotopic (exact) mass is 289 g/mol. The molecule has 0 bridgehead atoms. The number of rotatable bonds is 7. The molecule has 0 heterocycles. The maximum absolute atomic E-state index is 13.1. The molecule has 1 atom stereocenters. The van der Waals surface area contributed by atoms with Crippen LogP contribution in [0.2, 0.25) is 0 Å². The topological polar surface area (TPSA) is 41.5 Å². The highest BCUT2D eigenvalue weighted by atomic mass is 19.1. The Morgan fingerprint density at radius 2 is 1.90 bits per heavy atom. The fraction of sp³-hybridized carbons (Fsp3) is 0.294. The van der Waals surface area contributed by atoms with Gasteiger partial charge in [-0.05, 0) is 24.7 Å². The molecule has 3 nitrogen and oxygen atoms in total. The zero-order valence-electron chi connectivity index (χ0n) is 12.1. The van der Waals surface area contributed by atoms with Crippen molar-refractivity contribution in [3.05, 3.63) is 66.0 Å². The molecule has 112 valence electrons. The molecule has 0 spiro atoms. The van der Waals surface area contributed by atoms with Gasteiger partial charge in [0.05, 0.1) is 18.8 Å². The second-order valence-corrected chi connectivity index (χ2v) is 4.91. The summed E-state index contributed by atoms with van der Waals surface area (Å²) in [7, 11) is 1.81. The summed E-state index contributed by atoms with van der Waals surface area (Å²) in [5, 5.41) is 13.0. The van der Waals surface area contributed by atoms with E-state index in [0.29, 0.717) is 18.8 Å². The average Bonchev–Trinajstić information content (AvgIpc) is 2.53. The first kappa shape index (κ1) is 15.5. The number of aliphatic hydroxyl groups excluding tert-OH is 1. The molecule has 21 heavy (non-hydrogen) atoms. The van der Waals surface area contributed by atoms with Crippen LogP contribution in [0, 0.1) is 5.82 Å². The lowest BCUT2D eigenvalue weighted by molar-refractivity contribution is 0.137. The number of ether oxygens (including phenoxy) is 1. The minimum Gasteiger partial charge on any atom is -0.493 e. The highest BCUT2D eigenvalue weighted by Gasteiger charge is 2.29. The summed E-state index contributed by atoms with van der Waals surface area (Å²) in [6, 6.07) is 15.8. The van der Waals surface area contributed by atoms with Gasteiger partial charge in [-0.3, -0.25) is 0 Å². The Kier molecular flexibility index (Phi) is 5.31. The van der Waals surface area contributed by atoms with Crippen molar-refractivity contribution in [2.45, 2.75) is 12.0 Å². The maximum atomic E-state index is 13.1. The van der Waals surface area contributed by atoms with Gasteiger partial charge in [-0.1, -0.05) is 36.4 Å². The minimum atomic E-state index is -0.561. The quantitative estimate of drug-likeness (QED) is 0.823. The Balaban J connectivity index is 2.04. The Morgan fingerprint density at radius 1 is 1.14 bits per heavy atom. The predicted molar refractivity (Wildman–Crippen MR) is 80.8 cm³/mol. The Bertz CT molecular complexity index is 556. The normalized spacial score (nSPS) is 13.7. The van der Waals surface area contributed by atoms with Crippen LogP contribution >= 0.6 is 0 Å². The molecule has 2 aromatic rings. The molecule has 0 radical (unpaired) electrons. The van der Waals surface area contributed by atoms with Gasteiger partial charge in [-0.25, -0.2) is 4.39 Å². The molecule has 2 N–H and O–H groups in total. The van der Waals surface area contributed by atoms with Crippen molar-refractivity contribution in [3.63, 3.8) is 0 Å². The summed E-state index contributed by atoms with van der Waals surface area (Å²) >= 11 is 0. The van der Waals surface area contributed by atoms with Crippen molar-refractivity contribution < 1.29 is 14.2 Å². The number of benzene rings is 2. The fourth-order valence-corrected chi connectivity index (χ4v) is 2.32. The van der Waals surface area contributed by atoms with Crippen molar-refractivity contribution in [2.24, 2.45) is 0 Å². The number of nitrogens with one attached hydrogen (secondary N) is 1. The van der Waals surface area contributed by atoms with E-state index in [1.807, 2.05) is 37.4 Å². The molecule has 1 unspecified atom stereocenters. The van der Waals surface area contributed by atoms with Crippen LogP contribution in [0.15, 0.2) is 54.6 Å². The molecular formula is C17H20FNO2. The first-order valence-electron chi connectivity index (χ1n) is 6.94. The SMILES string of the molecule is CNC(CO)(CCOc1cccc(F)c1)c1ccccc1. The van der Waals surface area contributed by atoms with Gasteiger partial charge >= 0.3 is 0 Å². The standard InChI is InChI=1S/C17H20FNO2/c1-19-17(13-20,14-6-3-2-4-7-14)10-11-21-16-9-5-8-15(18)12-16/h2-9,12,19-20H,10-11,13H2,1H3. The number of aliphatic hydroxyl groups is 1. The summed E-state index contributed by atoms with van der Waals surface area (Å²) in [5.41, 5.74) is 0.437. The first-order chi connectivity index (χ1) is 10.2. The van der Waals surface area contributed by atoms with Gasteiger partial charge in [0.1, 0.15) is 11.6 Å². The van der Waals surface area contributed by atoms with Gasteiger partial charge in [0.25, 0.3) is 0 Å². The van der Waals surface area contributed by atoms with Crippen LogP contribution in [0.1, 0.15) is 12.0 Å². The highest BCUT2D eigenvalue weighted by Crippen LogP contribution is 2.25. The molecule has 0 fully saturated rings. The van der Waals surface area contributed by atoms with Crippen molar-refractivity contribution in [3.8, 4) is 5.75 Å². The largest absolute Gasteiger partial charge is 0.493 e. The van der Waals surface area contributed by atoms with E-state index in [9.17, 15) is 9.50 Å². The van der Waals surface area contributed by atoms with Crippen LogP contribution in [-0.4, -0.2) is 25.4 Å². The number of likely N-dealkylation sites (N-methyl/N-ethyl adjacent to an activating group) is 1. The molecule has 0 aliphatic rings. The number of hydrogen-bond donors (Lipinski definition) is 2. The molecule has 0 aliphatic heterocycles. The third-order valence-electron chi connectivity index (χ3n) is 3.67. The molecule has 2 aromatic carbocycles. The lowest BCUT2D eigenvalue weighted by Crippen LogP contribution is -2.44. The zero-order valence-corrected chi connectivity index (χ0v) is 12.1. The van der Waals surface area contributed by atoms with Crippen molar-refractivity contribution >= 4 is 0 Å². The Morgan fingerprint density at radius 3 is 2.52 bits per heavy atom. The van der Waals surface area contributed by atoms with Gasteiger partial charge in [-0.15, -0.1) is 0 Å². The molecule has 0 saturated heterocycles.